The average Bonchev–Trinajstić information content (AvgIpc) is 2.36. The van der Waals surface area contributed by atoms with E-state index in [0.717, 1.165) is 0 Å². The minimum atomic E-state index is -0.970. The van der Waals surface area contributed by atoms with Crippen molar-refractivity contribution in [2.45, 2.75) is 34.6 Å². The number of hydrogen-bond acceptors (Lipinski definition) is 2. The Morgan fingerprint density at radius 2 is 1.90 bits per heavy atom. The van der Waals surface area contributed by atoms with Gasteiger partial charge in [0, 0.05) is 12.2 Å². The number of hydrogen-bond donors (Lipinski definition) is 3. The number of aryl methyl sites for hydroxylation is 1. The van der Waals surface area contributed by atoms with Crippen LogP contribution in [0.2, 0.25) is 0 Å². The maximum absolute atomic E-state index is 11.9. The molecule has 1 aromatic rings. The number of aromatic carboxylic acids is 1. The minimum absolute atomic E-state index is 0.0143. The first-order chi connectivity index (χ1) is 9.63. The van der Waals surface area contributed by atoms with Crippen LogP contribution in [-0.4, -0.2) is 23.7 Å². The van der Waals surface area contributed by atoms with Gasteiger partial charge in [-0.2, -0.15) is 0 Å². The fourth-order valence-corrected chi connectivity index (χ4v) is 1.67. The number of amides is 2. The first-order valence-electron chi connectivity index (χ1n) is 7.02. The maximum atomic E-state index is 11.9. The van der Waals surface area contributed by atoms with Gasteiger partial charge in [-0.05, 0) is 42.0 Å². The molecule has 0 aromatic heterocycles. The summed E-state index contributed by atoms with van der Waals surface area (Å²) in [6.07, 6.45) is 0. The molecule has 0 unspecified atom stereocenters. The van der Waals surface area contributed by atoms with Crippen LogP contribution in [0, 0.1) is 18.3 Å². The quantitative estimate of drug-likeness (QED) is 0.777. The monoisotopic (exact) mass is 292 g/mol. The van der Waals surface area contributed by atoms with Crippen LogP contribution in [0.15, 0.2) is 18.2 Å². The molecule has 5 heteroatoms. The van der Waals surface area contributed by atoms with E-state index in [-0.39, 0.29) is 17.0 Å². The standard InChI is InChI=1S/C16H24N2O3/c1-10(2)16(4,5)9-17-15(21)18-12-6-7-13(14(19)20)11(3)8-12/h6-8,10H,9H2,1-5H3,(H,19,20)(H2,17,18,21). The van der Waals surface area contributed by atoms with E-state index < -0.39 is 5.97 Å². The second kappa shape index (κ2) is 6.61. The summed E-state index contributed by atoms with van der Waals surface area (Å²) >= 11 is 0. The molecule has 1 aromatic carbocycles. The summed E-state index contributed by atoms with van der Waals surface area (Å²) in [5.74, 6) is -0.517. The summed E-state index contributed by atoms with van der Waals surface area (Å²) in [5, 5.41) is 14.5. The number of urea groups is 1. The minimum Gasteiger partial charge on any atom is -0.478 e. The lowest BCUT2D eigenvalue weighted by Crippen LogP contribution is -2.39. The fourth-order valence-electron chi connectivity index (χ4n) is 1.67. The third-order valence-electron chi connectivity index (χ3n) is 3.98. The van der Waals surface area contributed by atoms with Crippen LogP contribution in [-0.2, 0) is 0 Å². The second-order valence-corrected chi connectivity index (χ2v) is 6.29. The molecule has 0 radical (unpaired) electrons. The Hall–Kier alpha value is -2.04. The van der Waals surface area contributed by atoms with Gasteiger partial charge in [0.15, 0.2) is 0 Å². The molecular weight excluding hydrogens is 268 g/mol. The van der Waals surface area contributed by atoms with E-state index in [1.54, 1.807) is 19.1 Å². The Kier molecular flexibility index (Phi) is 5.35. The fraction of sp³-hybridized carbons (Fsp3) is 0.500. The number of carbonyl (C=O) groups excluding carboxylic acids is 1. The number of carboxylic acids is 1. The molecule has 5 nitrogen and oxygen atoms in total. The number of nitrogens with one attached hydrogen (secondary N) is 2. The summed E-state index contributed by atoms with van der Waals surface area (Å²) in [6.45, 7) is 10.7. The van der Waals surface area contributed by atoms with Gasteiger partial charge in [0.1, 0.15) is 0 Å². The number of carboxylic acid groups (broad SMARTS) is 1. The van der Waals surface area contributed by atoms with Gasteiger partial charge in [-0.15, -0.1) is 0 Å². The van der Waals surface area contributed by atoms with Crippen molar-refractivity contribution in [2.24, 2.45) is 11.3 Å². The molecule has 0 spiro atoms. The van der Waals surface area contributed by atoms with E-state index in [0.29, 0.717) is 23.7 Å². The first-order valence-corrected chi connectivity index (χ1v) is 7.02. The van der Waals surface area contributed by atoms with Gasteiger partial charge in [0.25, 0.3) is 0 Å². The predicted octanol–water partition coefficient (Wildman–Crippen LogP) is 3.50. The molecule has 0 bridgehead atoms. The molecule has 0 saturated carbocycles. The van der Waals surface area contributed by atoms with Gasteiger partial charge < -0.3 is 15.7 Å². The molecule has 0 heterocycles. The molecule has 0 aliphatic carbocycles. The average molecular weight is 292 g/mol. The van der Waals surface area contributed by atoms with Crippen molar-refractivity contribution in [3.63, 3.8) is 0 Å². The third-order valence-corrected chi connectivity index (χ3v) is 3.98. The van der Waals surface area contributed by atoms with Crippen molar-refractivity contribution in [2.75, 3.05) is 11.9 Å². The van der Waals surface area contributed by atoms with Crippen LogP contribution in [0.4, 0.5) is 10.5 Å². The molecule has 0 aliphatic heterocycles. The molecule has 1 rings (SSSR count). The SMILES string of the molecule is Cc1cc(NC(=O)NCC(C)(C)C(C)C)ccc1C(=O)O. The zero-order valence-corrected chi connectivity index (χ0v) is 13.3. The van der Waals surface area contributed by atoms with E-state index >= 15 is 0 Å². The van der Waals surface area contributed by atoms with E-state index in [1.807, 2.05) is 0 Å². The number of benzene rings is 1. The van der Waals surface area contributed by atoms with Gasteiger partial charge in [0.05, 0.1) is 5.56 Å². The van der Waals surface area contributed by atoms with Crippen molar-refractivity contribution in [1.29, 1.82) is 0 Å². The highest BCUT2D eigenvalue weighted by Crippen LogP contribution is 2.24. The Morgan fingerprint density at radius 3 is 2.38 bits per heavy atom. The second-order valence-electron chi connectivity index (χ2n) is 6.29. The topological polar surface area (TPSA) is 78.4 Å². The Labute approximate surface area is 125 Å². The Balaban J connectivity index is 2.64. The molecule has 21 heavy (non-hydrogen) atoms. The predicted molar refractivity (Wildman–Crippen MR) is 83.8 cm³/mol. The van der Waals surface area contributed by atoms with Crippen LogP contribution < -0.4 is 10.6 Å². The smallest absolute Gasteiger partial charge is 0.335 e. The van der Waals surface area contributed by atoms with Crippen LogP contribution in [0.3, 0.4) is 0 Å². The normalized spacial score (nSPS) is 11.3. The van der Waals surface area contributed by atoms with Gasteiger partial charge >= 0.3 is 12.0 Å². The zero-order valence-electron chi connectivity index (χ0n) is 13.3. The van der Waals surface area contributed by atoms with E-state index in [2.05, 4.69) is 38.3 Å². The Bertz CT molecular complexity index is 536. The van der Waals surface area contributed by atoms with Crippen LogP contribution in [0.5, 0.6) is 0 Å². The van der Waals surface area contributed by atoms with Crippen molar-refractivity contribution < 1.29 is 14.7 Å². The van der Waals surface area contributed by atoms with E-state index in [1.165, 1.54) is 6.07 Å². The van der Waals surface area contributed by atoms with E-state index in [9.17, 15) is 9.59 Å². The Morgan fingerprint density at radius 1 is 1.29 bits per heavy atom. The zero-order chi connectivity index (χ0) is 16.2. The van der Waals surface area contributed by atoms with Crippen LogP contribution >= 0.6 is 0 Å². The highest BCUT2D eigenvalue weighted by molar-refractivity contribution is 5.92. The summed E-state index contributed by atoms with van der Waals surface area (Å²) in [5.41, 5.74) is 1.45. The molecular formula is C16H24N2O3. The number of rotatable bonds is 5. The lowest BCUT2D eigenvalue weighted by atomic mass is 9.81. The number of anilines is 1. The molecule has 0 aliphatic rings. The summed E-state index contributed by atoms with van der Waals surface area (Å²) < 4.78 is 0. The summed E-state index contributed by atoms with van der Waals surface area (Å²) in [4.78, 5) is 22.8. The lowest BCUT2D eigenvalue weighted by Gasteiger charge is -2.29. The largest absolute Gasteiger partial charge is 0.478 e. The molecule has 116 valence electrons. The molecule has 0 atom stereocenters. The summed E-state index contributed by atoms with van der Waals surface area (Å²) in [6, 6.07) is 4.44. The van der Waals surface area contributed by atoms with Gasteiger partial charge in [-0.25, -0.2) is 9.59 Å². The molecule has 3 N–H and O–H groups in total. The highest BCUT2D eigenvalue weighted by atomic mass is 16.4. The van der Waals surface area contributed by atoms with Crippen molar-refractivity contribution in [3.05, 3.63) is 29.3 Å². The van der Waals surface area contributed by atoms with Crippen molar-refractivity contribution >= 4 is 17.7 Å². The maximum Gasteiger partial charge on any atom is 0.335 e. The highest BCUT2D eigenvalue weighted by Gasteiger charge is 2.22. The lowest BCUT2D eigenvalue weighted by molar-refractivity contribution is 0.0696. The van der Waals surface area contributed by atoms with Crippen LogP contribution in [0.25, 0.3) is 0 Å². The first kappa shape index (κ1) is 17.0. The van der Waals surface area contributed by atoms with E-state index in [4.69, 9.17) is 5.11 Å². The van der Waals surface area contributed by atoms with Crippen molar-refractivity contribution in [1.82, 2.24) is 5.32 Å². The number of carbonyl (C=O) groups is 2. The molecule has 0 saturated heterocycles. The van der Waals surface area contributed by atoms with Gasteiger partial charge in [0.2, 0.25) is 0 Å². The van der Waals surface area contributed by atoms with Gasteiger partial charge in [-0.1, -0.05) is 27.7 Å². The van der Waals surface area contributed by atoms with Gasteiger partial charge in [-0.3, -0.25) is 0 Å². The van der Waals surface area contributed by atoms with Crippen molar-refractivity contribution in [3.8, 4) is 0 Å². The van der Waals surface area contributed by atoms with Crippen LogP contribution in [0.1, 0.15) is 43.6 Å². The molecule has 2 amide bonds. The third kappa shape index (κ3) is 4.77. The summed E-state index contributed by atoms with van der Waals surface area (Å²) in [7, 11) is 0. The molecule has 0 fully saturated rings.